The van der Waals surface area contributed by atoms with E-state index in [1.165, 1.54) is 0 Å². The zero-order valence-electron chi connectivity index (χ0n) is 12.1. The lowest BCUT2D eigenvalue weighted by Crippen LogP contribution is -2.52. The average molecular weight is 440 g/mol. The van der Waals surface area contributed by atoms with Crippen LogP contribution in [0, 0.1) is 5.41 Å². The third kappa shape index (κ3) is 4.28. The van der Waals surface area contributed by atoms with Gasteiger partial charge < -0.3 is 5.32 Å². The second-order valence-electron chi connectivity index (χ2n) is 6.03. The Labute approximate surface area is 143 Å². The third-order valence-corrected chi connectivity index (χ3v) is 6.89. The average Bonchev–Trinajstić information content (AvgIpc) is 2.36. The second kappa shape index (κ2) is 6.66. The van der Waals surface area contributed by atoms with Crippen LogP contribution in [0.4, 0.5) is 0 Å². The summed E-state index contributed by atoms with van der Waals surface area (Å²) >= 11 is 6.63. The van der Waals surface area contributed by atoms with Crippen LogP contribution in [-0.4, -0.2) is 27.5 Å². The van der Waals surface area contributed by atoms with Crippen molar-refractivity contribution in [1.82, 2.24) is 10.0 Å². The van der Waals surface area contributed by atoms with Crippen LogP contribution in [0.15, 0.2) is 32.0 Å². The van der Waals surface area contributed by atoms with Gasteiger partial charge in [0.1, 0.15) is 0 Å². The van der Waals surface area contributed by atoms with Crippen molar-refractivity contribution >= 4 is 41.9 Å². The first-order valence-electron chi connectivity index (χ1n) is 6.90. The van der Waals surface area contributed by atoms with Gasteiger partial charge in [-0.1, -0.05) is 29.8 Å². The molecular formula is C14H20Br2N2O2S. The topological polar surface area (TPSA) is 58.2 Å². The maximum atomic E-state index is 12.4. The highest BCUT2D eigenvalue weighted by Gasteiger charge is 2.33. The maximum absolute atomic E-state index is 12.4. The molecule has 1 unspecified atom stereocenters. The molecule has 1 fully saturated rings. The van der Waals surface area contributed by atoms with Gasteiger partial charge in [-0.05, 0) is 58.9 Å². The molecule has 0 amide bonds. The molecule has 1 saturated heterocycles. The van der Waals surface area contributed by atoms with Gasteiger partial charge in [0.15, 0.2) is 0 Å². The molecule has 0 spiro atoms. The number of sulfonamides is 1. The Kier molecular flexibility index (Phi) is 5.52. The zero-order valence-corrected chi connectivity index (χ0v) is 16.1. The highest BCUT2D eigenvalue weighted by Crippen LogP contribution is 2.30. The highest BCUT2D eigenvalue weighted by atomic mass is 79.9. The summed E-state index contributed by atoms with van der Waals surface area (Å²) in [4.78, 5) is 0.263. The SMILES string of the molecule is CC1(C)CCCNC1CNS(=O)(=O)c1ccc(Br)cc1Br. The van der Waals surface area contributed by atoms with Crippen LogP contribution in [0.5, 0.6) is 0 Å². The Morgan fingerprint density at radius 3 is 2.71 bits per heavy atom. The van der Waals surface area contributed by atoms with E-state index >= 15 is 0 Å². The number of halogens is 2. The van der Waals surface area contributed by atoms with Gasteiger partial charge in [-0.15, -0.1) is 0 Å². The molecule has 1 atom stereocenters. The van der Waals surface area contributed by atoms with E-state index in [0.717, 1.165) is 23.9 Å². The molecule has 2 rings (SSSR count). The van der Waals surface area contributed by atoms with Crippen LogP contribution in [0.2, 0.25) is 0 Å². The molecule has 0 aliphatic carbocycles. The molecule has 1 aromatic carbocycles. The van der Waals surface area contributed by atoms with Crippen molar-refractivity contribution in [2.45, 2.75) is 37.6 Å². The van der Waals surface area contributed by atoms with E-state index < -0.39 is 10.0 Å². The summed E-state index contributed by atoms with van der Waals surface area (Å²) in [6.07, 6.45) is 2.24. The normalized spacial score (nSPS) is 22.2. The van der Waals surface area contributed by atoms with Gasteiger partial charge in [-0.2, -0.15) is 0 Å². The fourth-order valence-electron chi connectivity index (χ4n) is 2.58. The van der Waals surface area contributed by atoms with Crippen molar-refractivity contribution < 1.29 is 8.42 Å². The lowest BCUT2D eigenvalue weighted by molar-refractivity contribution is 0.181. The molecule has 118 valence electrons. The molecule has 0 saturated carbocycles. The molecule has 1 aromatic rings. The predicted molar refractivity (Wildman–Crippen MR) is 91.8 cm³/mol. The molecule has 1 heterocycles. The highest BCUT2D eigenvalue weighted by molar-refractivity contribution is 9.11. The zero-order chi connectivity index (χ0) is 15.7. The summed E-state index contributed by atoms with van der Waals surface area (Å²) in [5.41, 5.74) is 0.0950. The Morgan fingerprint density at radius 1 is 1.38 bits per heavy atom. The molecule has 2 N–H and O–H groups in total. The Bertz CT molecular complexity index is 617. The minimum Gasteiger partial charge on any atom is -0.312 e. The van der Waals surface area contributed by atoms with Crippen molar-refractivity contribution in [3.63, 3.8) is 0 Å². The summed E-state index contributed by atoms with van der Waals surface area (Å²) in [5.74, 6) is 0. The second-order valence-corrected chi connectivity index (χ2v) is 9.53. The number of nitrogens with one attached hydrogen (secondary N) is 2. The van der Waals surface area contributed by atoms with Crippen LogP contribution in [0.1, 0.15) is 26.7 Å². The standard InChI is InChI=1S/C14H20Br2N2O2S/c1-14(2)6-3-7-17-13(14)9-18-21(19,20)12-5-4-10(15)8-11(12)16/h4-5,8,13,17-18H,3,6-7,9H2,1-2H3. The third-order valence-electron chi connectivity index (χ3n) is 3.99. The predicted octanol–water partition coefficient (Wildman–Crippen LogP) is 3.27. The first kappa shape index (κ1) is 17.4. The minimum atomic E-state index is -3.51. The van der Waals surface area contributed by atoms with Gasteiger partial charge in [0.2, 0.25) is 10.0 Å². The molecule has 0 radical (unpaired) electrons. The van der Waals surface area contributed by atoms with Crippen molar-refractivity contribution in [3.05, 3.63) is 27.1 Å². The molecule has 21 heavy (non-hydrogen) atoms. The van der Waals surface area contributed by atoms with Crippen molar-refractivity contribution in [3.8, 4) is 0 Å². The monoisotopic (exact) mass is 438 g/mol. The number of piperidine rings is 1. The fourth-order valence-corrected chi connectivity index (χ4v) is 5.37. The molecule has 1 aliphatic heterocycles. The van der Waals surface area contributed by atoms with E-state index in [-0.39, 0.29) is 16.4 Å². The van der Waals surface area contributed by atoms with Gasteiger partial charge in [0, 0.05) is 21.5 Å². The van der Waals surface area contributed by atoms with Crippen LogP contribution in [0.25, 0.3) is 0 Å². The van der Waals surface area contributed by atoms with E-state index in [4.69, 9.17) is 0 Å². The van der Waals surface area contributed by atoms with Crippen molar-refractivity contribution in [1.29, 1.82) is 0 Å². The number of hydrogen-bond donors (Lipinski definition) is 2. The lowest BCUT2D eigenvalue weighted by Gasteiger charge is -2.39. The largest absolute Gasteiger partial charge is 0.312 e. The summed E-state index contributed by atoms with van der Waals surface area (Å²) in [6, 6.07) is 5.20. The van der Waals surface area contributed by atoms with Crippen LogP contribution >= 0.6 is 31.9 Å². The van der Waals surface area contributed by atoms with Gasteiger partial charge >= 0.3 is 0 Å². The first-order chi connectivity index (χ1) is 9.72. The molecule has 0 bridgehead atoms. The van der Waals surface area contributed by atoms with E-state index in [1.54, 1.807) is 18.2 Å². The van der Waals surface area contributed by atoms with Crippen LogP contribution < -0.4 is 10.0 Å². The number of benzene rings is 1. The molecule has 4 nitrogen and oxygen atoms in total. The number of rotatable bonds is 4. The van der Waals surface area contributed by atoms with Crippen molar-refractivity contribution in [2.24, 2.45) is 5.41 Å². The van der Waals surface area contributed by atoms with Gasteiger partial charge in [0.25, 0.3) is 0 Å². The summed E-state index contributed by atoms with van der Waals surface area (Å²) < 4.78 is 29.0. The van der Waals surface area contributed by atoms with E-state index in [2.05, 4.69) is 55.7 Å². The van der Waals surface area contributed by atoms with E-state index in [1.807, 2.05) is 0 Å². The molecule has 7 heteroatoms. The van der Waals surface area contributed by atoms with Gasteiger partial charge in [-0.25, -0.2) is 13.1 Å². The number of hydrogen-bond acceptors (Lipinski definition) is 3. The smallest absolute Gasteiger partial charge is 0.241 e. The summed E-state index contributed by atoms with van der Waals surface area (Å²) in [6.45, 7) is 5.69. The quantitative estimate of drug-likeness (QED) is 0.756. The summed E-state index contributed by atoms with van der Waals surface area (Å²) in [5, 5.41) is 3.41. The van der Waals surface area contributed by atoms with Crippen LogP contribution in [0.3, 0.4) is 0 Å². The molecule has 1 aliphatic rings. The van der Waals surface area contributed by atoms with Crippen LogP contribution in [-0.2, 0) is 10.0 Å². The minimum absolute atomic E-state index is 0.0950. The van der Waals surface area contributed by atoms with Gasteiger partial charge in [0.05, 0.1) is 4.90 Å². The summed E-state index contributed by atoms with van der Waals surface area (Å²) in [7, 11) is -3.51. The van der Waals surface area contributed by atoms with Crippen molar-refractivity contribution in [2.75, 3.05) is 13.1 Å². The molecular weight excluding hydrogens is 420 g/mol. The maximum Gasteiger partial charge on any atom is 0.241 e. The van der Waals surface area contributed by atoms with Gasteiger partial charge in [-0.3, -0.25) is 0 Å². The molecule has 0 aromatic heterocycles. The fraction of sp³-hybridized carbons (Fsp3) is 0.571. The lowest BCUT2D eigenvalue weighted by atomic mass is 9.78. The van der Waals surface area contributed by atoms with E-state index in [9.17, 15) is 8.42 Å². The Hall–Kier alpha value is 0.0500. The Morgan fingerprint density at radius 2 is 2.10 bits per heavy atom. The Balaban J connectivity index is 2.11. The van der Waals surface area contributed by atoms with E-state index in [0.29, 0.717) is 11.0 Å². The first-order valence-corrected chi connectivity index (χ1v) is 9.97.